The zero-order valence-electron chi connectivity index (χ0n) is 10.8. The van der Waals surface area contributed by atoms with E-state index in [1.54, 1.807) is 28.0 Å². The molecular formula is C15H15NO2S2. The fourth-order valence-corrected chi connectivity index (χ4v) is 4.46. The van der Waals surface area contributed by atoms with Crippen molar-refractivity contribution in [2.24, 2.45) is 0 Å². The van der Waals surface area contributed by atoms with Crippen LogP contribution in [0.15, 0.2) is 47.8 Å². The van der Waals surface area contributed by atoms with Crippen molar-refractivity contribution in [3.8, 4) is 0 Å². The number of benzene rings is 1. The summed E-state index contributed by atoms with van der Waals surface area (Å²) in [6, 6.07) is 13.5. The molecule has 3 nitrogen and oxygen atoms in total. The van der Waals surface area contributed by atoms with Crippen molar-refractivity contribution in [2.75, 3.05) is 12.3 Å². The molecule has 1 saturated heterocycles. The number of thiophene rings is 1. The molecule has 1 aliphatic heterocycles. The topological polar surface area (TPSA) is 40.5 Å². The number of amides is 1. The second-order valence-corrected chi connectivity index (χ2v) is 6.70. The summed E-state index contributed by atoms with van der Waals surface area (Å²) >= 11 is 3.28. The van der Waals surface area contributed by atoms with Crippen molar-refractivity contribution in [3.63, 3.8) is 0 Å². The zero-order chi connectivity index (χ0) is 13.9. The van der Waals surface area contributed by atoms with E-state index in [4.69, 9.17) is 0 Å². The summed E-state index contributed by atoms with van der Waals surface area (Å²) in [6.45, 7) is 0.346. The lowest BCUT2D eigenvalue weighted by atomic mass is 10.1. The van der Waals surface area contributed by atoms with E-state index in [9.17, 15) is 9.90 Å². The monoisotopic (exact) mass is 305 g/mol. The van der Waals surface area contributed by atoms with Gasteiger partial charge in [-0.2, -0.15) is 0 Å². The van der Waals surface area contributed by atoms with Gasteiger partial charge in [-0.1, -0.05) is 36.4 Å². The van der Waals surface area contributed by atoms with Gasteiger partial charge in [0.25, 0.3) is 0 Å². The van der Waals surface area contributed by atoms with E-state index in [0.29, 0.717) is 12.3 Å². The van der Waals surface area contributed by atoms with Crippen LogP contribution in [0.1, 0.15) is 21.9 Å². The fraction of sp³-hybridized carbons (Fsp3) is 0.267. The number of hydrogen-bond acceptors (Lipinski definition) is 4. The van der Waals surface area contributed by atoms with Crippen LogP contribution in [-0.2, 0) is 4.79 Å². The molecule has 2 aromatic rings. The Bertz CT molecular complexity index is 571. The van der Waals surface area contributed by atoms with Gasteiger partial charge in [-0.3, -0.25) is 4.79 Å². The van der Waals surface area contributed by atoms with Crippen LogP contribution >= 0.6 is 23.1 Å². The summed E-state index contributed by atoms with van der Waals surface area (Å²) in [5, 5.41) is 12.4. The zero-order valence-corrected chi connectivity index (χ0v) is 12.4. The predicted octanol–water partition coefficient (Wildman–Crippen LogP) is 3.06. The van der Waals surface area contributed by atoms with E-state index in [1.807, 2.05) is 47.8 Å². The van der Waals surface area contributed by atoms with Gasteiger partial charge < -0.3 is 10.0 Å². The maximum Gasteiger partial charge on any atom is 0.233 e. The Kier molecular flexibility index (Phi) is 4.10. The number of carbonyl (C=O) groups is 1. The first kappa shape index (κ1) is 13.7. The number of carbonyl (C=O) groups excluding carboxylic acids is 1. The summed E-state index contributed by atoms with van der Waals surface area (Å²) in [5.74, 6) is 0.591. The Morgan fingerprint density at radius 1 is 1.25 bits per heavy atom. The minimum Gasteiger partial charge on any atom is -0.387 e. The average Bonchev–Trinajstić information content (AvgIpc) is 3.11. The maximum atomic E-state index is 12.0. The van der Waals surface area contributed by atoms with E-state index in [1.165, 1.54) is 4.88 Å². The van der Waals surface area contributed by atoms with Gasteiger partial charge in [0.15, 0.2) is 0 Å². The highest BCUT2D eigenvalue weighted by atomic mass is 32.2. The standard InChI is InChI=1S/C15H15NO2S2/c17-12(11-5-2-1-3-6-11)9-16-14(18)10-20-15(16)13-7-4-8-19-13/h1-8,12,15,17H,9-10H2/t12-,15-/m0/s1. The van der Waals surface area contributed by atoms with Gasteiger partial charge in [0.2, 0.25) is 5.91 Å². The molecule has 0 aliphatic carbocycles. The lowest BCUT2D eigenvalue weighted by molar-refractivity contribution is -0.129. The highest BCUT2D eigenvalue weighted by Crippen LogP contribution is 2.41. The normalized spacial score (nSPS) is 20.4. The van der Waals surface area contributed by atoms with E-state index in [2.05, 4.69) is 0 Å². The Morgan fingerprint density at radius 2 is 2.05 bits per heavy atom. The number of aliphatic hydroxyl groups is 1. The smallest absolute Gasteiger partial charge is 0.233 e. The van der Waals surface area contributed by atoms with Crippen molar-refractivity contribution < 1.29 is 9.90 Å². The number of aliphatic hydroxyl groups excluding tert-OH is 1. The molecule has 1 N–H and O–H groups in total. The molecule has 104 valence electrons. The Morgan fingerprint density at radius 3 is 2.75 bits per heavy atom. The molecule has 1 aromatic carbocycles. The molecule has 20 heavy (non-hydrogen) atoms. The van der Waals surface area contributed by atoms with E-state index < -0.39 is 6.10 Å². The molecule has 0 unspecified atom stereocenters. The second-order valence-electron chi connectivity index (χ2n) is 4.65. The molecule has 1 amide bonds. The SMILES string of the molecule is O=C1CS[C@@H](c2cccs2)N1C[C@H](O)c1ccccc1. The van der Waals surface area contributed by atoms with Crippen LogP contribution in [0.4, 0.5) is 0 Å². The summed E-state index contributed by atoms with van der Waals surface area (Å²) in [6.07, 6.45) is -0.638. The van der Waals surface area contributed by atoms with Crippen LogP contribution in [0.2, 0.25) is 0 Å². The first-order valence-corrected chi connectivity index (χ1v) is 8.36. The van der Waals surface area contributed by atoms with E-state index >= 15 is 0 Å². The van der Waals surface area contributed by atoms with Crippen LogP contribution in [0.25, 0.3) is 0 Å². The van der Waals surface area contributed by atoms with Gasteiger partial charge in [-0.15, -0.1) is 23.1 Å². The third-order valence-electron chi connectivity index (χ3n) is 3.31. The molecule has 3 rings (SSSR count). The Balaban J connectivity index is 1.76. The predicted molar refractivity (Wildman–Crippen MR) is 82.6 cm³/mol. The summed E-state index contributed by atoms with van der Waals surface area (Å²) < 4.78 is 0. The van der Waals surface area contributed by atoms with Gasteiger partial charge in [-0.05, 0) is 17.0 Å². The van der Waals surface area contributed by atoms with Crippen LogP contribution in [0.5, 0.6) is 0 Å². The number of rotatable bonds is 4. The number of nitrogens with zero attached hydrogens (tertiary/aromatic N) is 1. The van der Waals surface area contributed by atoms with Gasteiger partial charge in [-0.25, -0.2) is 0 Å². The molecule has 0 saturated carbocycles. The maximum absolute atomic E-state index is 12.0. The molecule has 1 aliphatic rings. The summed E-state index contributed by atoms with van der Waals surface area (Å²) in [5.41, 5.74) is 0.849. The van der Waals surface area contributed by atoms with Crippen molar-refractivity contribution in [2.45, 2.75) is 11.5 Å². The van der Waals surface area contributed by atoms with Crippen LogP contribution < -0.4 is 0 Å². The first-order chi connectivity index (χ1) is 9.75. The van der Waals surface area contributed by atoms with Crippen LogP contribution in [0, 0.1) is 0 Å². The lowest BCUT2D eigenvalue weighted by Crippen LogP contribution is -2.32. The first-order valence-electron chi connectivity index (χ1n) is 6.43. The van der Waals surface area contributed by atoms with Gasteiger partial charge in [0.05, 0.1) is 18.4 Å². The molecule has 0 spiro atoms. The minimum absolute atomic E-state index is 0.0425. The Hall–Kier alpha value is -1.30. The second kappa shape index (κ2) is 5.99. The molecule has 1 aromatic heterocycles. The fourth-order valence-electron chi connectivity index (χ4n) is 2.29. The largest absolute Gasteiger partial charge is 0.387 e. The van der Waals surface area contributed by atoms with Crippen molar-refractivity contribution >= 4 is 29.0 Å². The third-order valence-corrected chi connectivity index (χ3v) is 5.62. The van der Waals surface area contributed by atoms with Gasteiger partial charge >= 0.3 is 0 Å². The molecule has 1 fully saturated rings. The van der Waals surface area contributed by atoms with E-state index in [0.717, 1.165) is 5.56 Å². The van der Waals surface area contributed by atoms with Crippen LogP contribution in [0.3, 0.4) is 0 Å². The van der Waals surface area contributed by atoms with Gasteiger partial charge in [0.1, 0.15) is 5.37 Å². The molecule has 0 bridgehead atoms. The highest BCUT2D eigenvalue weighted by Gasteiger charge is 2.34. The molecule has 5 heteroatoms. The molecule has 0 radical (unpaired) electrons. The number of β-amino-alcohol motifs (C(OH)–C–C–N with tert-alkyl or cyclic N) is 1. The number of thioether (sulfide) groups is 1. The molecule has 2 atom stereocenters. The third kappa shape index (κ3) is 2.75. The number of hydrogen-bond donors (Lipinski definition) is 1. The summed E-state index contributed by atoms with van der Waals surface area (Å²) in [4.78, 5) is 15.0. The van der Waals surface area contributed by atoms with Crippen molar-refractivity contribution in [3.05, 3.63) is 58.3 Å². The highest BCUT2D eigenvalue weighted by molar-refractivity contribution is 8.00. The van der Waals surface area contributed by atoms with Crippen molar-refractivity contribution in [1.82, 2.24) is 4.90 Å². The van der Waals surface area contributed by atoms with Crippen LogP contribution in [-0.4, -0.2) is 28.2 Å². The molecule has 2 heterocycles. The lowest BCUT2D eigenvalue weighted by Gasteiger charge is -2.25. The Labute approximate surface area is 126 Å². The van der Waals surface area contributed by atoms with Crippen molar-refractivity contribution in [1.29, 1.82) is 0 Å². The average molecular weight is 305 g/mol. The van der Waals surface area contributed by atoms with E-state index in [-0.39, 0.29) is 11.3 Å². The van der Waals surface area contributed by atoms with Gasteiger partial charge in [0, 0.05) is 4.88 Å². The minimum atomic E-state index is -0.638. The summed E-state index contributed by atoms with van der Waals surface area (Å²) in [7, 11) is 0. The molecular weight excluding hydrogens is 290 g/mol. The quantitative estimate of drug-likeness (QED) is 0.944.